The number of likely N-dealkylation sites (N-methyl/N-ethyl adjacent to an activating group) is 1. The van der Waals surface area contributed by atoms with Gasteiger partial charge in [-0.05, 0) is 61.1 Å². The minimum atomic E-state index is -0.686. The Bertz CT molecular complexity index is 988. The van der Waals surface area contributed by atoms with E-state index in [9.17, 15) is 20.0 Å². The molecule has 0 bridgehead atoms. The third-order valence-corrected chi connectivity index (χ3v) is 4.62. The Hall–Kier alpha value is -3.46. The Morgan fingerprint density at radius 2 is 1.93 bits per heavy atom. The highest BCUT2D eigenvalue weighted by Gasteiger charge is 2.36. The van der Waals surface area contributed by atoms with Crippen LogP contribution in [0.2, 0.25) is 0 Å². The largest absolute Gasteiger partial charge is 0.502 e. The SMILES string of the molecule is CCOc1ccc(N2C(=O)/C(=C/c3ccc(O)c([N+](=O)[O-])c3)N(C)C2=S)cc1. The monoisotopic (exact) mass is 399 g/mol. The number of phenols is 1. The standard InChI is InChI=1S/C19H17N3O5S/c1-3-27-14-7-5-13(6-8-14)21-18(24)16(20(2)19(21)28)11-12-4-9-17(23)15(10-12)22(25)26/h4-11,23H,3H2,1-2H3/b16-11-. The van der Waals surface area contributed by atoms with Crippen molar-refractivity contribution in [2.24, 2.45) is 0 Å². The van der Waals surface area contributed by atoms with E-state index in [1.54, 1.807) is 31.3 Å². The van der Waals surface area contributed by atoms with Crippen LogP contribution in [0.4, 0.5) is 11.4 Å². The summed E-state index contributed by atoms with van der Waals surface area (Å²) in [6, 6.07) is 10.9. The van der Waals surface area contributed by atoms with E-state index < -0.39 is 16.4 Å². The molecule has 1 N–H and O–H groups in total. The Balaban J connectivity index is 1.95. The number of amides is 1. The number of nitro groups is 1. The molecule has 0 radical (unpaired) electrons. The van der Waals surface area contributed by atoms with Gasteiger partial charge in [-0.1, -0.05) is 6.07 Å². The van der Waals surface area contributed by atoms with Crippen LogP contribution in [0.3, 0.4) is 0 Å². The number of rotatable bonds is 5. The first-order valence-corrected chi connectivity index (χ1v) is 8.78. The summed E-state index contributed by atoms with van der Waals surface area (Å²) in [5.74, 6) is -0.110. The highest BCUT2D eigenvalue weighted by Crippen LogP contribution is 2.31. The maximum atomic E-state index is 12.9. The lowest BCUT2D eigenvalue weighted by Gasteiger charge is -2.16. The molecule has 144 valence electrons. The summed E-state index contributed by atoms with van der Waals surface area (Å²) in [4.78, 5) is 26.2. The van der Waals surface area contributed by atoms with Crippen LogP contribution in [0.25, 0.3) is 6.08 Å². The number of benzene rings is 2. The van der Waals surface area contributed by atoms with Gasteiger partial charge in [0.1, 0.15) is 11.4 Å². The van der Waals surface area contributed by atoms with Crippen molar-refractivity contribution in [2.45, 2.75) is 6.92 Å². The van der Waals surface area contributed by atoms with Crippen molar-refractivity contribution in [3.8, 4) is 11.5 Å². The molecule has 1 aliphatic heterocycles. The first-order valence-electron chi connectivity index (χ1n) is 8.37. The number of carbonyl (C=O) groups excluding carboxylic acids is 1. The number of nitro benzene ring substituents is 1. The third-order valence-electron chi connectivity index (χ3n) is 4.17. The number of phenolic OH excluding ortho intramolecular Hbond substituents is 1. The molecule has 1 heterocycles. The van der Waals surface area contributed by atoms with E-state index in [0.29, 0.717) is 23.6 Å². The van der Waals surface area contributed by atoms with E-state index in [-0.39, 0.29) is 16.7 Å². The molecule has 0 atom stereocenters. The van der Waals surface area contributed by atoms with Crippen molar-refractivity contribution >= 4 is 40.7 Å². The number of thiocarbonyl (C=S) groups is 1. The zero-order chi connectivity index (χ0) is 20.4. The molecule has 2 aromatic rings. The van der Waals surface area contributed by atoms with Gasteiger partial charge in [-0.25, -0.2) is 0 Å². The van der Waals surface area contributed by atoms with Crippen LogP contribution in [-0.4, -0.2) is 39.6 Å². The van der Waals surface area contributed by atoms with Crippen LogP contribution in [0.15, 0.2) is 48.2 Å². The van der Waals surface area contributed by atoms with Crippen LogP contribution >= 0.6 is 12.2 Å². The first kappa shape index (κ1) is 19.3. The van der Waals surface area contributed by atoms with E-state index >= 15 is 0 Å². The van der Waals surface area contributed by atoms with Gasteiger partial charge in [0.25, 0.3) is 5.91 Å². The van der Waals surface area contributed by atoms with Gasteiger partial charge in [-0.15, -0.1) is 0 Å². The summed E-state index contributed by atoms with van der Waals surface area (Å²) in [5, 5.41) is 20.9. The minimum absolute atomic E-state index is 0.263. The Morgan fingerprint density at radius 1 is 1.25 bits per heavy atom. The fraction of sp³-hybridized carbons (Fsp3) is 0.158. The van der Waals surface area contributed by atoms with Crippen molar-refractivity contribution in [1.29, 1.82) is 0 Å². The molecule has 2 aromatic carbocycles. The molecule has 8 nitrogen and oxygen atoms in total. The fourth-order valence-corrected chi connectivity index (χ4v) is 3.06. The highest BCUT2D eigenvalue weighted by molar-refractivity contribution is 7.80. The zero-order valence-electron chi connectivity index (χ0n) is 15.2. The Labute approximate surface area is 166 Å². The quantitative estimate of drug-likeness (QED) is 0.357. The second kappa shape index (κ2) is 7.65. The second-order valence-electron chi connectivity index (χ2n) is 5.94. The fourth-order valence-electron chi connectivity index (χ4n) is 2.78. The van der Waals surface area contributed by atoms with Gasteiger partial charge in [-0.2, -0.15) is 0 Å². The zero-order valence-corrected chi connectivity index (χ0v) is 16.0. The maximum Gasteiger partial charge on any atom is 0.311 e. The predicted molar refractivity (Wildman–Crippen MR) is 108 cm³/mol. The highest BCUT2D eigenvalue weighted by atomic mass is 32.1. The summed E-state index contributed by atoms with van der Waals surface area (Å²) in [7, 11) is 1.65. The number of hydrogen-bond donors (Lipinski definition) is 1. The van der Waals surface area contributed by atoms with Crippen molar-refractivity contribution in [3.05, 3.63) is 63.8 Å². The molecule has 0 saturated carbocycles. The molecule has 3 rings (SSSR count). The number of carbonyl (C=O) groups is 1. The molecule has 0 aliphatic carbocycles. The van der Waals surface area contributed by atoms with Crippen LogP contribution < -0.4 is 9.64 Å². The molecule has 0 unspecified atom stereocenters. The molecule has 1 saturated heterocycles. The molecule has 28 heavy (non-hydrogen) atoms. The van der Waals surface area contributed by atoms with Crippen LogP contribution in [0.1, 0.15) is 12.5 Å². The van der Waals surface area contributed by atoms with Crippen LogP contribution in [0, 0.1) is 10.1 Å². The summed E-state index contributed by atoms with van der Waals surface area (Å²) in [6.07, 6.45) is 1.50. The first-order chi connectivity index (χ1) is 13.3. The number of nitrogens with zero attached hydrogens (tertiary/aromatic N) is 3. The van der Waals surface area contributed by atoms with Gasteiger partial charge in [0.05, 0.1) is 17.2 Å². The summed E-state index contributed by atoms with van der Waals surface area (Å²) in [5.41, 5.74) is 0.814. The van der Waals surface area contributed by atoms with Crippen LogP contribution in [-0.2, 0) is 4.79 Å². The number of aromatic hydroxyl groups is 1. The number of anilines is 1. The lowest BCUT2D eigenvalue weighted by Crippen LogP contribution is -2.31. The normalized spacial score (nSPS) is 15.4. The smallest absolute Gasteiger partial charge is 0.311 e. The van der Waals surface area contributed by atoms with Gasteiger partial charge in [-0.3, -0.25) is 19.8 Å². The van der Waals surface area contributed by atoms with Crippen molar-refractivity contribution < 1.29 is 19.6 Å². The van der Waals surface area contributed by atoms with Crippen molar-refractivity contribution in [2.75, 3.05) is 18.6 Å². The van der Waals surface area contributed by atoms with E-state index in [2.05, 4.69) is 0 Å². The van der Waals surface area contributed by atoms with E-state index in [1.807, 2.05) is 6.92 Å². The van der Waals surface area contributed by atoms with Gasteiger partial charge >= 0.3 is 5.69 Å². The van der Waals surface area contributed by atoms with Crippen LogP contribution in [0.5, 0.6) is 11.5 Å². The van der Waals surface area contributed by atoms with Crippen molar-refractivity contribution in [3.63, 3.8) is 0 Å². The predicted octanol–water partition coefficient (Wildman–Crippen LogP) is 3.30. The average Bonchev–Trinajstić information content (AvgIpc) is 2.87. The topological polar surface area (TPSA) is 96.1 Å². The molecular formula is C19H17N3O5S. The summed E-state index contributed by atoms with van der Waals surface area (Å²) >= 11 is 5.40. The van der Waals surface area contributed by atoms with Gasteiger partial charge < -0.3 is 14.7 Å². The second-order valence-corrected chi connectivity index (χ2v) is 6.31. The molecule has 0 spiro atoms. The van der Waals surface area contributed by atoms with E-state index in [1.165, 1.54) is 34.1 Å². The molecule has 0 aromatic heterocycles. The molecule has 1 aliphatic rings. The van der Waals surface area contributed by atoms with E-state index in [0.717, 1.165) is 0 Å². The van der Waals surface area contributed by atoms with Crippen molar-refractivity contribution in [1.82, 2.24) is 4.90 Å². The molecular weight excluding hydrogens is 382 g/mol. The molecule has 1 amide bonds. The maximum absolute atomic E-state index is 12.9. The Morgan fingerprint density at radius 3 is 2.54 bits per heavy atom. The minimum Gasteiger partial charge on any atom is -0.502 e. The molecule has 9 heteroatoms. The third kappa shape index (κ3) is 3.52. The molecule has 1 fully saturated rings. The number of hydrogen-bond acceptors (Lipinski definition) is 6. The van der Waals surface area contributed by atoms with Gasteiger partial charge in [0.15, 0.2) is 10.9 Å². The summed E-state index contributed by atoms with van der Waals surface area (Å²) in [6.45, 7) is 2.42. The average molecular weight is 399 g/mol. The number of ether oxygens (including phenoxy) is 1. The summed E-state index contributed by atoms with van der Waals surface area (Å²) < 4.78 is 5.41. The van der Waals surface area contributed by atoms with Gasteiger partial charge in [0.2, 0.25) is 0 Å². The lowest BCUT2D eigenvalue weighted by molar-refractivity contribution is -0.385. The van der Waals surface area contributed by atoms with E-state index in [4.69, 9.17) is 17.0 Å². The lowest BCUT2D eigenvalue weighted by atomic mass is 10.1. The Kier molecular flexibility index (Phi) is 5.27. The van der Waals surface area contributed by atoms with Gasteiger partial charge in [0, 0.05) is 13.1 Å².